The average molecular weight is 192 g/mol. The highest BCUT2D eigenvalue weighted by molar-refractivity contribution is 5.45. The molecule has 0 saturated carbocycles. The van der Waals surface area contributed by atoms with Crippen LogP contribution in [0.4, 0.5) is 0 Å². The van der Waals surface area contributed by atoms with Gasteiger partial charge in [-0.2, -0.15) is 0 Å². The van der Waals surface area contributed by atoms with E-state index in [2.05, 4.69) is 15.0 Å². The Morgan fingerprint density at radius 2 is 2.43 bits per heavy atom. The zero-order valence-electron chi connectivity index (χ0n) is 7.95. The van der Waals surface area contributed by atoms with Crippen molar-refractivity contribution in [3.63, 3.8) is 0 Å². The van der Waals surface area contributed by atoms with Crippen molar-refractivity contribution in [3.8, 4) is 11.6 Å². The van der Waals surface area contributed by atoms with Gasteiger partial charge in [0.2, 0.25) is 5.89 Å². The molecule has 0 radical (unpaired) electrons. The maximum atomic E-state index is 5.41. The summed E-state index contributed by atoms with van der Waals surface area (Å²) in [5.41, 5.74) is 7.06. The molecule has 0 unspecified atom stereocenters. The number of hydrogen-bond acceptors (Lipinski definition) is 4. The van der Waals surface area contributed by atoms with Crippen molar-refractivity contribution in [1.82, 2.24) is 15.0 Å². The van der Waals surface area contributed by atoms with Crippen molar-refractivity contribution in [3.05, 3.63) is 24.0 Å². The van der Waals surface area contributed by atoms with Crippen LogP contribution < -0.4 is 5.73 Å². The summed E-state index contributed by atoms with van der Waals surface area (Å²) in [6.45, 7) is 2.46. The highest BCUT2D eigenvalue weighted by atomic mass is 16.3. The molecule has 0 atom stereocenters. The summed E-state index contributed by atoms with van der Waals surface area (Å²) in [6.07, 6.45) is 4.05. The molecule has 0 aliphatic rings. The van der Waals surface area contributed by atoms with E-state index >= 15 is 0 Å². The highest BCUT2D eigenvalue weighted by Gasteiger charge is 2.07. The highest BCUT2D eigenvalue weighted by Crippen LogP contribution is 2.15. The van der Waals surface area contributed by atoms with Gasteiger partial charge in [-0.15, -0.1) is 0 Å². The molecule has 2 heterocycles. The lowest BCUT2D eigenvalue weighted by Crippen LogP contribution is -2.03. The van der Waals surface area contributed by atoms with Crippen LogP contribution in [0.15, 0.2) is 16.9 Å². The van der Waals surface area contributed by atoms with E-state index in [0.717, 1.165) is 23.6 Å². The molecule has 0 bridgehead atoms. The standard InChI is InChI=1S/C9H12N4O/c1-6-5-14-9(12-6)7-4-11-8(13-7)2-3-10/h4-5H,2-3,10H2,1H3,(H,11,13). The van der Waals surface area contributed by atoms with Crippen molar-refractivity contribution >= 4 is 0 Å². The van der Waals surface area contributed by atoms with Crippen LogP contribution >= 0.6 is 0 Å². The molecule has 0 fully saturated rings. The third-order valence-electron chi connectivity index (χ3n) is 1.86. The van der Waals surface area contributed by atoms with Crippen LogP contribution in [0.5, 0.6) is 0 Å². The Hall–Kier alpha value is -1.62. The number of nitrogens with zero attached hydrogens (tertiary/aromatic N) is 2. The molecule has 0 aliphatic carbocycles. The van der Waals surface area contributed by atoms with E-state index in [1.165, 1.54) is 0 Å². The first-order valence-corrected chi connectivity index (χ1v) is 4.46. The van der Waals surface area contributed by atoms with Crippen LogP contribution in [0.1, 0.15) is 11.5 Å². The topological polar surface area (TPSA) is 80.7 Å². The van der Waals surface area contributed by atoms with E-state index in [1.807, 2.05) is 6.92 Å². The fourth-order valence-electron chi connectivity index (χ4n) is 1.21. The maximum absolute atomic E-state index is 5.41. The molecule has 14 heavy (non-hydrogen) atoms. The van der Waals surface area contributed by atoms with Crippen LogP contribution in [-0.4, -0.2) is 21.5 Å². The van der Waals surface area contributed by atoms with Gasteiger partial charge in [-0.3, -0.25) is 0 Å². The van der Waals surface area contributed by atoms with Gasteiger partial charge in [0.25, 0.3) is 0 Å². The average Bonchev–Trinajstić information content (AvgIpc) is 2.74. The summed E-state index contributed by atoms with van der Waals surface area (Å²) in [5.74, 6) is 1.43. The largest absolute Gasteiger partial charge is 0.443 e. The van der Waals surface area contributed by atoms with Crippen molar-refractivity contribution in [1.29, 1.82) is 0 Å². The van der Waals surface area contributed by atoms with Gasteiger partial charge in [-0.05, 0) is 13.5 Å². The summed E-state index contributed by atoms with van der Waals surface area (Å²) in [4.78, 5) is 11.4. The van der Waals surface area contributed by atoms with E-state index in [4.69, 9.17) is 10.2 Å². The minimum atomic E-state index is 0.568. The first kappa shape index (κ1) is 8.96. The normalized spacial score (nSPS) is 10.7. The Morgan fingerprint density at radius 3 is 3.07 bits per heavy atom. The molecular weight excluding hydrogens is 180 g/mol. The third kappa shape index (κ3) is 1.67. The van der Waals surface area contributed by atoms with Crippen molar-refractivity contribution in [2.45, 2.75) is 13.3 Å². The first-order valence-electron chi connectivity index (χ1n) is 4.46. The van der Waals surface area contributed by atoms with E-state index in [-0.39, 0.29) is 0 Å². The molecular formula is C9H12N4O. The van der Waals surface area contributed by atoms with Gasteiger partial charge in [0.15, 0.2) is 0 Å². The predicted octanol–water partition coefficient (Wildman–Crippen LogP) is 0.874. The van der Waals surface area contributed by atoms with Crippen LogP contribution in [0.25, 0.3) is 11.6 Å². The Kier molecular flexibility index (Phi) is 2.32. The third-order valence-corrected chi connectivity index (χ3v) is 1.86. The molecule has 3 N–H and O–H groups in total. The monoisotopic (exact) mass is 192 g/mol. The Bertz CT molecular complexity index is 418. The van der Waals surface area contributed by atoms with Gasteiger partial charge in [0.1, 0.15) is 17.8 Å². The van der Waals surface area contributed by atoms with E-state index < -0.39 is 0 Å². The van der Waals surface area contributed by atoms with E-state index in [1.54, 1.807) is 12.5 Å². The lowest BCUT2D eigenvalue weighted by Gasteiger charge is -1.90. The fourth-order valence-corrected chi connectivity index (χ4v) is 1.21. The maximum Gasteiger partial charge on any atom is 0.244 e. The molecule has 2 aromatic rings. The quantitative estimate of drug-likeness (QED) is 0.756. The van der Waals surface area contributed by atoms with Gasteiger partial charge in [-0.1, -0.05) is 0 Å². The molecule has 5 heteroatoms. The van der Waals surface area contributed by atoms with Gasteiger partial charge in [-0.25, -0.2) is 9.97 Å². The summed E-state index contributed by atoms with van der Waals surface area (Å²) in [7, 11) is 0. The van der Waals surface area contributed by atoms with Crippen LogP contribution in [0.2, 0.25) is 0 Å². The lowest BCUT2D eigenvalue weighted by molar-refractivity contribution is 0.571. The summed E-state index contributed by atoms with van der Waals surface area (Å²) < 4.78 is 5.23. The Balaban J connectivity index is 2.24. The Morgan fingerprint density at radius 1 is 1.57 bits per heavy atom. The van der Waals surface area contributed by atoms with Gasteiger partial charge < -0.3 is 15.1 Å². The minimum Gasteiger partial charge on any atom is -0.443 e. The summed E-state index contributed by atoms with van der Waals surface area (Å²) in [5, 5.41) is 0. The second-order valence-electron chi connectivity index (χ2n) is 3.08. The van der Waals surface area contributed by atoms with E-state index in [9.17, 15) is 0 Å². The number of H-pyrrole nitrogens is 1. The Labute approximate surface area is 81.4 Å². The zero-order valence-corrected chi connectivity index (χ0v) is 7.95. The van der Waals surface area contributed by atoms with Crippen molar-refractivity contribution in [2.24, 2.45) is 5.73 Å². The van der Waals surface area contributed by atoms with Crippen LogP contribution in [-0.2, 0) is 6.42 Å². The molecule has 0 aromatic carbocycles. The number of nitrogens with one attached hydrogen (secondary N) is 1. The van der Waals surface area contributed by atoms with Gasteiger partial charge >= 0.3 is 0 Å². The molecule has 0 saturated heterocycles. The first-order chi connectivity index (χ1) is 6.79. The van der Waals surface area contributed by atoms with E-state index in [0.29, 0.717) is 12.4 Å². The molecule has 74 valence electrons. The fraction of sp³-hybridized carbons (Fsp3) is 0.333. The number of oxazole rings is 1. The predicted molar refractivity (Wildman–Crippen MR) is 51.6 cm³/mol. The van der Waals surface area contributed by atoms with Gasteiger partial charge in [0, 0.05) is 6.42 Å². The summed E-state index contributed by atoms with van der Waals surface area (Å²) in [6, 6.07) is 0. The molecule has 0 amide bonds. The second kappa shape index (κ2) is 3.63. The van der Waals surface area contributed by atoms with Crippen molar-refractivity contribution in [2.75, 3.05) is 6.54 Å². The number of rotatable bonds is 3. The number of hydrogen-bond donors (Lipinski definition) is 2. The number of nitrogens with two attached hydrogens (primary N) is 1. The second-order valence-corrected chi connectivity index (χ2v) is 3.08. The number of aryl methyl sites for hydroxylation is 1. The number of aromatic nitrogens is 3. The zero-order chi connectivity index (χ0) is 9.97. The lowest BCUT2D eigenvalue weighted by atomic mass is 10.4. The molecule has 2 rings (SSSR count). The molecule has 2 aromatic heterocycles. The SMILES string of the molecule is Cc1coc(-c2cnc(CCN)[nH]2)n1. The van der Waals surface area contributed by atoms with Crippen molar-refractivity contribution < 1.29 is 4.42 Å². The minimum absolute atomic E-state index is 0.568. The summed E-state index contributed by atoms with van der Waals surface area (Å²) >= 11 is 0. The van der Waals surface area contributed by atoms with Crippen LogP contribution in [0.3, 0.4) is 0 Å². The number of aromatic amines is 1. The number of imidazole rings is 1. The molecule has 5 nitrogen and oxygen atoms in total. The molecule has 0 aliphatic heterocycles. The van der Waals surface area contributed by atoms with Gasteiger partial charge in [0.05, 0.1) is 11.9 Å². The smallest absolute Gasteiger partial charge is 0.244 e. The van der Waals surface area contributed by atoms with Crippen LogP contribution in [0, 0.1) is 6.92 Å². The molecule has 0 spiro atoms.